The number of amides is 2. The van der Waals surface area contributed by atoms with Gasteiger partial charge in [-0.05, 0) is 59.7 Å². The van der Waals surface area contributed by atoms with Crippen molar-refractivity contribution in [1.29, 1.82) is 0 Å². The number of carbonyl (C=O) groups excluding carboxylic acids is 2. The van der Waals surface area contributed by atoms with E-state index in [2.05, 4.69) is 15.7 Å². The van der Waals surface area contributed by atoms with E-state index in [-0.39, 0.29) is 29.5 Å². The molecule has 2 amide bonds. The summed E-state index contributed by atoms with van der Waals surface area (Å²) in [4.78, 5) is 25.5. The number of hydrogen-bond acceptors (Lipinski definition) is 3. The number of nitrogens with one attached hydrogen (secondary N) is 2. The summed E-state index contributed by atoms with van der Waals surface area (Å²) in [5, 5.41) is 10.8. The first kappa shape index (κ1) is 27.0. The fraction of sp³-hybridized carbons (Fsp3) is 0.100. The van der Waals surface area contributed by atoms with Crippen LogP contribution in [-0.4, -0.2) is 21.6 Å². The Morgan fingerprint density at radius 3 is 2.35 bits per heavy atom. The number of nitrogens with zero attached hydrogens (tertiary/aromatic N) is 2. The molecule has 1 heterocycles. The van der Waals surface area contributed by atoms with Crippen molar-refractivity contribution in [3.63, 3.8) is 0 Å². The van der Waals surface area contributed by atoms with Crippen molar-refractivity contribution in [3.8, 4) is 5.69 Å². The van der Waals surface area contributed by atoms with E-state index in [1.54, 1.807) is 36.4 Å². The summed E-state index contributed by atoms with van der Waals surface area (Å²) in [6.07, 6.45) is -2.66. The minimum Gasteiger partial charge on any atom is -0.352 e. The summed E-state index contributed by atoms with van der Waals surface area (Å²) in [5.41, 5.74) is 2.56. The molecule has 2 N–H and O–H groups in total. The van der Waals surface area contributed by atoms with Crippen LogP contribution in [0.15, 0.2) is 97.2 Å². The fourth-order valence-electron chi connectivity index (χ4n) is 4.25. The molecule has 202 valence electrons. The molecule has 10 heteroatoms. The fourth-order valence-corrected chi connectivity index (χ4v) is 4.45. The molecule has 5 rings (SSSR count). The Morgan fingerprint density at radius 1 is 0.875 bits per heavy atom. The monoisotopic (exact) mass is 562 g/mol. The van der Waals surface area contributed by atoms with E-state index in [9.17, 15) is 22.8 Å². The van der Waals surface area contributed by atoms with Crippen molar-refractivity contribution in [3.05, 3.63) is 124 Å². The van der Waals surface area contributed by atoms with E-state index >= 15 is 0 Å². The summed E-state index contributed by atoms with van der Waals surface area (Å²) >= 11 is 6.33. The van der Waals surface area contributed by atoms with E-state index in [1.807, 2.05) is 30.3 Å². The van der Waals surface area contributed by atoms with Crippen LogP contribution in [0.1, 0.15) is 27.0 Å². The molecule has 1 aromatic heterocycles. The van der Waals surface area contributed by atoms with Crippen LogP contribution in [0.5, 0.6) is 0 Å². The largest absolute Gasteiger partial charge is 0.416 e. The first-order valence-electron chi connectivity index (χ1n) is 12.2. The van der Waals surface area contributed by atoms with Crippen LogP contribution in [0.2, 0.25) is 5.02 Å². The third-order valence-corrected chi connectivity index (χ3v) is 6.60. The van der Waals surface area contributed by atoms with Gasteiger partial charge in [0, 0.05) is 11.9 Å². The molecule has 0 bridgehead atoms. The number of benzene rings is 4. The first-order chi connectivity index (χ1) is 19.2. The smallest absolute Gasteiger partial charge is 0.352 e. The number of carbonyl (C=O) groups is 2. The maximum absolute atomic E-state index is 13.2. The maximum Gasteiger partial charge on any atom is 0.416 e. The summed E-state index contributed by atoms with van der Waals surface area (Å²) in [7, 11) is 0. The van der Waals surface area contributed by atoms with E-state index in [0.29, 0.717) is 27.8 Å². The third kappa shape index (κ3) is 6.00. The topological polar surface area (TPSA) is 76.0 Å². The van der Waals surface area contributed by atoms with Crippen LogP contribution < -0.4 is 10.6 Å². The molecule has 0 spiro atoms. The SMILES string of the molecule is O=C(Cc1ccccc1)NCc1ccc(Cl)c(C(=O)Nc2cccc3c2cnn3-c2ccc(C(F)(F)F)cc2)c1. The highest BCUT2D eigenvalue weighted by Gasteiger charge is 2.30. The zero-order valence-corrected chi connectivity index (χ0v) is 21.6. The lowest BCUT2D eigenvalue weighted by Gasteiger charge is -2.11. The number of rotatable bonds is 7. The third-order valence-electron chi connectivity index (χ3n) is 6.27. The Balaban J connectivity index is 1.31. The van der Waals surface area contributed by atoms with Gasteiger partial charge in [0.1, 0.15) is 0 Å². The summed E-state index contributed by atoms with van der Waals surface area (Å²) in [5.74, 6) is -0.610. The predicted octanol–water partition coefficient (Wildman–Crippen LogP) is 6.81. The van der Waals surface area contributed by atoms with Crippen LogP contribution in [0, 0.1) is 0 Å². The second-order valence-corrected chi connectivity index (χ2v) is 9.45. The van der Waals surface area contributed by atoms with Crippen molar-refractivity contribution in [1.82, 2.24) is 15.1 Å². The number of alkyl halides is 3. The molecule has 6 nitrogen and oxygen atoms in total. The molecule has 0 aliphatic rings. The molecule has 0 unspecified atom stereocenters. The van der Waals surface area contributed by atoms with Crippen LogP contribution in [-0.2, 0) is 23.9 Å². The van der Waals surface area contributed by atoms with E-state index in [0.717, 1.165) is 17.7 Å². The van der Waals surface area contributed by atoms with Gasteiger partial charge in [0.25, 0.3) is 5.91 Å². The van der Waals surface area contributed by atoms with Crippen LogP contribution >= 0.6 is 11.6 Å². The van der Waals surface area contributed by atoms with Gasteiger partial charge in [0.2, 0.25) is 5.91 Å². The number of halogens is 4. The van der Waals surface area contributed by atoms with Gasteiger partial charge >= 0.3 is 6.18 Å². The minimum absolute atomic E-state index is 0.149. The molecule has 0 saturated carbocycles. The van der Waals surface area contributed by atoms with Crippen molar-refractivity contribution < 1.29 is 22.8 Å². The molecule has 5 aromatic rings. The van der Waals surface area contributed by atoms with E-state index in [1.165, 1.54) is 23.0 Å². The lowest BCUT2D eigenvalue weighted by atomic mass is 10.1. The highest BCUT2D eigenvalue weighted by Crippen LogP contribution is 2.31. The van der Waals surface area contributed by atoms with Gasteiger partial charge in [-0.2, -0.15) is 18.3 Å². The quantitative estimate of drug-likeness (QED) is 0.229. The van der Waals surface area contributed by atoms with Crippen molar-refractivity contribution in [2.24, 2.45) is 0 Å². The van der Waals surface area contributed by atoms with Crippen LogP contribution in [0.4, 0.5) is 18.9 Å². The second-order valence-electron chi connectivity index (χ2n) is 9.05. The lowest BCUT2D eigenvalue weighted by Crippen LogP contribution is -2.24. The van der Waals surface area contributed by atoms with Gasteiger partial charge < -0.3 is 10.6 Å². The van der Waals surface area contributed by atoms with Crippen molar-refractivity contribution in [2.75, 3.05) is 5.32 Å². The number of hydrogen-bond donors (Lipinski definition) is 2. The Labute approximate surface area is 232 Å². The molecule has 40 heavy (non-hydrogen) atoms. The summed E-state index contributed by atoms with van der Waals surface area (Å²) in [6, 6.07) is 24.1. The molecular weight excluding hydrogens is 541 g/mol. The average molecular weight is 563 g/mol. The molecule has 0 aliphatic carbocycles. The predicted molar refractivity (Wildman–Crippen MR) is 147 cm³/mol. The van der Waals surface area contributed by atoms with Crippen LogP contribution in [0.3, 0.4) is 0 Å². The summed E-state index contributed by atoms with van der Waals surface area (Å²) in [6.45, 7) is 0.221. The van der Waals surface area contributed by atoms with Gasteiger partial charge in [0.05, 0.1) is 45.7 Å². The van der Waals surface area contributed by atoms with Crippen molar-refractivity contribution in [2.45, 2.75) is 19.1 Å². The molecule has 0 atom stereocenters. The maximum atomic E-state index is 13.2. The Bertz CT molecular complexity index is 1680. The van der Waals surface area contributed by atoms with Gasteiger partial charge in [-0.15, -0.1) is 0 Å². The molecule has 4 aromatic carbocycles. The molecule has 0 radical (unpaired) electrons. The van der Waals surface area contributed by atoms with Crippen molar-refractivity contribution >= 4 is 40.0 Å². The van der Waals surface area contributed by atoms with Gasteiger partial charge in [-0.3, -0.25) is 9.59 Å². The van der Waals surface area contributed by atoms with Gasteiger partial charge in [-0.25, -0.2) is 4.68 Å². The highest BCUT2D eigenvalue weighted by atomic mass is 35.5. The van der Waals surface area contributed by atoms with Gasteiger partial charge in [-0.1, -0.05) is 54.1 Å². The molecule has 0 fully saturated rings. The second kappa shape index (κ2) is 11.2. The van der Waals surface area contributed by atoms with E-state index < -0.39 is 17.6 Å². The van der Waals surface area contributed by atoms with Gasteiger partial charge in [0.15, 0.2) is 0 Å². The number of aromatic nitrogens is 2. The Kier molecular flexibility index (Phi) is 7.57. The number of fused-ring (bicyclic) bond motifs is 1. The normalized spacial score (nSPS) is 11.4. The molecular formula is C30H22ClF3N4O2. The van der Waals surface area contributed by atoms with E-state index in [4.69, 9.17) is 11.6 Å². The standard InChI is InChI=1S/C30H22ClF3N4O2/c31-25-14-9-20(17-35-28(39)16-19-5-2-1-3-6-19)15-23(25)29(40)37-26-7-4-8-27-24(26)18-36-38(27)22-12-10-21(11-13-22)30(32,33)34/h1-15,18H,16-17H2,(H,35,39)(H,37,40). The summed E-state index contributed by atoms with van der Waals surface area (Å²) < 4.78 is 40.4. The van der Waals surface area contributed by atoms with Crippen LogP contribution in [0.25, 0.3) is 16.6 Å². The Morgan fingerprint density at radius 2 is 1.62 bits per heavy atom. The average Bonchev–Trinajstić information content (AvgIpc) is 3.38. The molecule has 0 aliphatic heterocycles. The molecule has 0 saturated heterocycles. The minimum atomic E-state index is -4.44. The number of anilines is 1. The first-order valence-corrected chi connectivity index (χ1v) is 12.6. The highest BCUT2D eigenvalue weighted by molar-refractivity contribution is 6.34. The lowest BCUT2D eigenvalue weighted by molar-refractivity contribution is -0.137. The zero-order valence-electron chi connectivity index (χ0n) is 20.9. The Hall–Kier alpha value is -4.63. The zero-order chi connectivity index (χ0) is 28.3.